The highest BCUT2D eigenvalue weighted by atomic mass is 32.2. The molecule has 0 bridgehead atoms. The second-order valence-corrected chi connectivity index (χ2v) is 5.42. The molecule has 0 atom stereocenters. The molecule has 0 saturated heterocycles. The molecule has 0 saturated carbocycles. The molecule has 2 aromatic rings. The third kappa shape index (κ3) is 1.30. The van der Waals surface area contributed by atoms with Crippen molar-refractivity contribution < 1.29 is 4.79 Å². The van der Waals surface area contributed by atoms with Gasteiger partial charge in [-0.05, 0) is 30.4 Å². The summed E-state index contributed by atoms with van der Waals surface area (Å²) >= 11 is 3.27. The normalized spacial score (nSPS) is 11.1. The molecular formula is C10H11NOS2. The molecule has 0 aliphatic heterocycles. The number of thiophene rings is 2. The summed E-state index contributed by atoms with van der Waals surface area (Å²) in [6.45, 7) is 4.18. The summed E-state index contributed by atoms with van der Waals surface area (Å²) < 4.78 is 1.23. The number of fused-ring (bicyclic) bond motifs is 1. The Morgan fingerprint density at radius 2 is 2.21 bits per heavy atom. The van der Waals surface area contributed by atoms with E-state index in [0.717, 1.165) is 10.4 Å². The molecule has 4 heteroatoms. The van der Waals surface area contributed by atoms with Crippen molar-refractivity contribution in [2.24, 2.45) is 5.73 Å². The van der Waals surface area contributed by atoms with Crippen molar-refractivity contribution in [3.63, 3.8) is 0 Å². The Labute approximate surface area is 90.4 Å². The third-order valence-corrected chi connectivity index (χ3v) is 4.85. The number of carbonyl (C=O) groups excluding carboxylic acids is 1. The van der Waals surface area contributed by atoms with Crippen LogP contribution in [0.3, 0.4) is 0 Å². The summed E-state index contributed by atoms with van der Waals surface area (Å²) in [5.74, 6) is 0.0512. The quantitative estimate of drug-likeness (QED) is 0.799. The molecule has 2 N–H and O–H groups in total. The zero-order valence-corrected chi connectivity index (χ0v) is 9.72. The highest BCUT2D eigenvalue weighted by Gasteiger charge is 2.16. The molecular weight excluding hydrogens is 214 g/mol. The van der Waals surface area contributed by atoms with E-state index >= 15 is 0 Å². The Hall–Kier alpha value is -0.710. The van der Waals surface area contributed by atoms with Gasteiger partial charge < -0.3 is 5.73 Å². The zero-order valence-electron chi connectivity index (χ0n) is 8.09. The summed E-state index contributed by atoms with van der Waals surface area (Å²) in [5.41, 5.74) is 7.72. The smallest absolute Gasteiger partial charge is 0.186 e. The third-order valence-electron chi connectivity index (χ3n) is 2.29. The molecule has 74 valence electrons. The number of carbonyl (C=O) groups is 1. The van der Waals surface area contributed by atoms with Crippen molar-refractivity contribution in [3.8, 4) is 0 Å². The first-order valence-corrected chi connectivity index (χ1v) is 6.05. The van der Waals surface area contributed by atoms with Gasteiger partial charge in [0.15, 0.2) is 5.78 Å². The van der Waals surface area contributed by atoms with E-state index in [1.165, 1.54) is 15.0 Å². The fraction of sp³-hybridized carbons (Fsp3) is 0.300. The predicted molar refractivity (Wildman–Crippen MR) is 62.6 cm³/mol. The maximum atomic E-state index is 11.5. The van der Waals surface area contributed by atoms with E-state index < -0.39 is 0 Å². The maximum Gasteiger partial charge on any atom is 0.186 e. The minimum absolute atomic E-state index is 0.0512. The van der Waals surface area contributed by atoms with Gasteiger partial charge in [0.25, 0.3) is 0 Å². The van der Waals surface area contributed by atoms with Gasteiger partial charge in [-0.3, -0.25) is 4.79 Å². The lowest BCUT2D eigenvalue weighted by atomic mass is 10.1. The molecule has 2 aromatic heterocycles. The minimum Gasteiger partial charge on any atom is -0.324 e. The summed E-state index contributed by atoms with van der Waals surface area (Å²) in [4.78, 5) is 12.3. The largest absolute Gasteiger partial charge is 0.324 e. The van der Waals surface area contributed by atoms with E-state index in [0.29, 0.717) is 0 Å². The zero-order chi connectivity index (χ0) is 10.3. The average Bonchev–Trinajstić information content (AvgIpc) is 2.68. The van der Waals surface area contributed by atoms with Gasteiger partial charge >= 0.3 is 0 Å². The summed E-state index contributed by atoms with van der Waals surface area (Å²) in [6.07, 6.45) is 0. The van der Waals surface area contributed by atoms with Crippen LogP contribution >= 0.6 is 22.7 Å². The van der Waals surface area contributed by atoms with Crippen molar-refractivity contribution in [1.29, 1.82) is 0 Å². The van der Waals surface area contributed by atoms with E-state index in [2.05, 4.69) is 12.3 Å². The molecule has 2 heterocycles. The molecule has 0 aliphatic rings. The van der Waals surface area contributed by atoms with Crippen molar-refractivity contribution in [1.82, 2.24) is 0 Å². The number of ketones is 1. The molecule has 0 aromatic carbocycles. The molecule has 0 amide bonds. The number of Topliss-reactive ketones (excluding diaryl/α,β-unsaturated/α-hetero) is 1. The van der Waals surface area contributed by atoms with Crippen molar-refractivity contribution in [3.05, 3.63) is 21.4 Å². The Balaban J connectivity index is 2.69. The van der Waals surface area contributed by atoms with Crippen LogP contribution in [-0.4, -0.2) is 12.3 Å². The summed E-state index contributed by atoms with van der Waals surface area (Å²) in [6, 6.07) is 0. The van der Waals surface area contributed by atoms with Crippen LogP contribution in [0.4, 0.5) is 0 Å². The van der Waals surface area contributed by atoms with Gasteiger partial charge in [-0.15, -0.1) is 22.7 Å². The average molecular weight is 225 g/mol. The van der Waals surface area contributed by atoms with Gasteiger partial charge in [0.05, 0.1) is 15.4 Å². The van der Waals surface area contributed by atoms with Crippen molar-refractivity contribution >= 4 is 37.9 Å². The van der Waals surface area contributed by atoms with Crippen LogP contribution in [0.2, 0.25) is 0 Å². The highest BCUT2D eigenvalue weighted by Crippen LogP contribution is 2.37. The standard InChI is InChI=1S/C10H11NOS2/c1-5-4-13-10-8(5)6(2)9(14-10)7(12)3-11/h4H,3,11H2,1-2H3. The van der Waals surface area contributed by atoms with Crippen LogP contribution in [0.25, 0.3) is 9.40 Å². The van der Waals surface area contributed by atoms with E-state index in [-0.39, 0.29) is 12.3 Å². The fourth-order valence-electron chi connectivity index (χ4n) is 1.59. The number of hydrogen-bond donors (Lipinski definition) is 1. The van der Waals surface area contributed by atoms with Crippen LogP contribution in [0.5, 0.6) is 0 Å². The van der Waals surface area contributed by atoms with E-state index in [9.17, 15) is 4.79 Å². The van der Waals surface area contributed by atoms with E-state index in [4.69, 9.17) is 5.73 Å². The lowest BCUT2D eigenvalue weighted by molar-refractivity contribution is 0.100. The Kier molecular flexibility index (Phi) is 2.43. The van der Waals surface area contributed by atoms with Crippen LogP contribution in [0, 0.1) is 13.8 Å². The van der Waals surface area contributed by atoms with Crippen molar-refractivity contribution in [2.75, 3.05) is 6.54 Å². The Morgan fingerprint density at radius 3 is 2.79 bits per heavy atom. The molecule has 0 aliphatic carbocycles. The topological polar surface area (TPSA) is 43.1 Å². The monoisotopic (exact) mass is 225 g/mol. The lowest BCUT2D eigenvalue weighted by Gasteiger charge is -1.95. The number of hydrogen-bond acceptors (Lipinski definition) is 4. The second kappa shape index (κ2) is 3.46. The van der Waals surface area contributed by atoms with Gasteiger partial charge in [-0.25, -0.2) is 0 Å². The van der Waals surface area contributed by atoms with Gasteiger partial charge in [-0.1, -0.05) is 0 Å². The number of aryl methyl sites for hydroxylation is 2. The van der Waals surface area contributed by atoms with Gasteiger partial charge in [0, 0.05) is 5.39 Å². The van der Waals surface area contributed by atoms with Crippen LogP contribution in [0.15, 0.2) is 5.38 Å². The van der Waals surface area contributed by atoms with Crippen LogP contribution in [0.1, 0.15) is 20.8 Å². The summed E-state index contributed by atoms with van der Waals surface area (Å²) in [7, 11) is 0. The molecule has 2 rings (SSSR count). The van der Waals surface area contributed by atoms with Gasteiger partial charge in [-0.2, -0.15) is 0 Å². The molecule has 14 heavy (non-hydrogen) atoms. The Morgan fingerprint density at radius 1 is 1.50 bits per heavy atom. The Bertz CT molecular complexity index is 495. The predicted octanol–water partition coefficient (Wildman–Crippen LogP) is 2.72. The van der Waals surface area contributed by atoms with Crippen LogP contribution < -0.4 is 5.73 Å². The lowest BCUT2D eigenvalue weighted by Crippen LogP contribution is -2.12. The first-order chi connectivity index (χ1) is 6.65. The van der Waals surface area contributed by atoms with E-state index in [1.54, 1.807) is 22.7 Å². The number of nitrogens with two attached hydrogens (primary N) is 1. The van der Waals surface area contributed by atoms with Crippen molar-refractivity contribution in [2.45, 2.75) is 13.8 Å². The van der Waals surface area contributed by atoms with E-state index in [1.807, 2.05) is 6.92 Å². The van der Waals surface area contributed by atoms with Gasteiger partial charge in [0.2, 0.25) is 0 Å². The van der Waals surface area contributed by atoms with Crippen LogP contribution in [-0.2, 0) is 0 Å². The molecule has 2 nitrogen and oxygen atoms in total. The number of rotatable bonds is 2. The minimum atomic E-state index is 0.0512. The molecule has 0 unspecified atom stereocenters. The first-order valence-electron chi connectivity index (χ1n) is 4.35. The molecule has 0 radical (unpaired) electrons. The summed E-state index contributed by atoms with van der Waals surface area (Å²) in [5, 5.41) is 3.38. The SMILES string of the molecule is Cc1csc2sc(C(=O)CN)c(C)c12. The second-order valence-electron chi connectivity index (χ2n) is 3.26. The first kappa shape index (κ1) is 9.83. The molecule has 0 spiro atoms. The molecule has 0 fully saturated rings. The fourth-order valence-corrected chi connectivity index (χ4v) is 4.06. The highest BCUT2D eigenvalue weighted by molar-refractivity contribution is 7.38. The van der Waals surface area contributed by atoms with Gasteiger partial charge in [0.1, 0.15) is 0 Å². The maximum absolute atomic E-state index is 11.5.